The Kier molecular flexibility index (Phi) is 4.18. The Labute approximate surface area is 87.1 Å². The zero-order valence-electron chi connectivity index (χ0n) is 8.41. The van der Waals surface area contributed by atoms with Crippen LogP contribution < -0.4 is 0 Å². The molecule has 5 atom stereocenters. The van der Waals surface area contributed by atoms with Crippen molar-refractivity contribution in [2.45, 2.75) is 50.5 Å². The Bertz CT molecular complexity index is 231. The third kappa shape index (κ3) is 2.53. The highest BCUT2D eigenvalue weighted by Crippen LogP contribution is 2.21. The fourth-order valence-corrected chi connectivity index (χ4v) is 1.50. The first kappa shape index (κ1) is 12.5. The molecule has 0 bridgehead atoms. The van der Waals surface area contributed by atoms with Gasteiger partial charge in [-0.2, -0.15) is 0 Å². The lowest BCUT2D eigenvalue weighted by atomic mass is 10.0. The average Bonchev–Trinajstić information content (AvgIpc) is 2.45. The monoisotopic (exact) mass is 220 g/mol. The van der Waals surface area contributed by atoms with Gasteiger partial charge < -0.3 is 25.2 Å². The number of aliphatic hydroxyl groups excluding tert-OH is 4. The van der Waals surface area contributed by atoms with Crippen LogP contribution >= 0.6 is 0 Å². The van der Waals surface area contributed by atoms with Crippen molar-refractivity contribution in [1.29, 1.82) is 0 Å². The van der Waals surface area contributed by atoms with E-state index in [0.29, 0.717) is 6.42 Å². The van der Waals surface area contributed by atoms with Crippen molar-refractivity contribution in [2.75, 3.05) is 0 Å². The van der Waals surface area contributed by atoms with Gasteiger partial charge in [0.25, 0.3) is 0 Å². The molecule has 4 N–H and O–H groups in total. The zero-order chi connectivity index (χ0) is 11.6. The summed E-state index contributed by atoms with van der Waals surface area (Å²) in [5.74, 6) is -0.708. The molecule has 0 amide bonds. The van der Waals surface area contributed by atoms with Gasteiger partial charge in [0.05, 0.1) is 0 Å². The molecule has 1 fully saturated rings. The van der Waals surface area contributed by atoms with Crippen LogP contribution in [-0.4, -0.2) is 56.9 Å². The van der Waals surface area contributed by atoms with Crippen molar-refractivity contribution in [3.63, 3.8) is 0 Å². The van der Waals surface area contributed by atoms with Crippen LogP contribution in [0, 0.1) is 0 Å². The van der Waals surface area contributed by atoms with E-state index in [1.54, 1.807) is 6.92 Å². The van der Waals surface area contributed by atoms with E-state index < -0.39 is 36.5 Å². The lowest BCUT2D eigenvalue weighted by Crippen LogP contribution is -2.41. The number of hydrogen-bond donors (Lipinski definition) is 4. The van der Waals surface area contributed by atoms with Crippen LogP contribution in [0.4, 0.5) is 0 Å². The summed E-state index contributed by atoms with van der Waals surface area (Å²) in [6.45, 7) is 1.80. The van der Waals surface area contributed by atoms with Crippen LogP contribution in [0.15, 0.2) is 0 Å². The third-order valence-electron chi connectivity index (χ3n) is 2.41. The van der Waals surface area contributed by atoms with Crippen LogP contribution in [-0.2, 0) is 9.53 Å². The first-order chi connectivity index (χ1) is 6.99. The Balaban J connectivity index is 2.61. The highest BCUT2D eigenvalue weighted by Gasteiger charge is 2.46. The molecular weight excluding hydrogens is 204 g/mol. The van der Waals surface area contributed by atoms with E-state index in [4.69, 9.17) is 10.2 Å². The molecule has 1 rings (SSSR count). The van der Waals surface area contributed by atoms with Crippen molar-refractivity contribution in [2.24, 2.45) is 0 Å². The SMILES string of the molecule is CCCC(O)C(=O)[C@H]1OC(O)[C@H](O)[C@H]1O. The second-order valence-corrected chi connectivity index (χ2v) is 3.64. The number of ketones is 1. The predicted molar refractivity (Wildman–Crippen MR) is 48.8 cm³/mol. The van der Waals surface area contributed by atoms with Gasteiger partial charge in [-0.25, -0.2) is 0 Å². The summed E-state index contributed by atoms with van der Waals surface area (Å²) in [6, 6.07) is 0. The van der Waals surface area contributed by atoms with E-state index >= 15 is 0 Å². The molecule has 0 aromatic carbocycles. The summed E-state index contributed by atoms with van der Waals surface area (Å²) >= 11 is 0. The quantitative estimate of drug-likeness (QED) is 0.443. The maximum Gasteiger partial charge on any atom is 0.192 e. The first-order valence-corrected chi connectivity index (χ1v) is 4.90. The van der Waals surface area contributed by atoms with E-state index in [1.165, 1.54) is 0 Å². The van der Waals surface area contributed by atoms with Crippen molar-refractivity contribution in [3.05, 3.63) is 0 Å². The van der Waals surface area contributed by atoms with Gasteiger partial charge >= 0.3 is 0 Å². The highest BCUT2D eigenvalue weighted by atomic mass is 16.6. The molecule has 15 heavy (non-hydrogen) atoms. The number of aliphatic hydroxyl groups is 4. The number of hydrogen-bond acceptors (Lipinski definition) is 6. The van der Waals surface area contributed by atoms with Gasteiger partial charge in [-0.1, -0.05) is 13.3 Å². The number of Topliss-reactive ketones (excluding diaryl/α,β-unsaturated/α-hetero) is 1. The van der Waals surface area contributed by atoms with E-state index in [1.807, 2.05) is 0 Å². The summed E-state index contributed by atoms with van der Waals surface area (Å²) < 4.78 is 4.66. The Morgan fingerprint density at radius 3 is 2.33 bits per heavy atom. The predicted octanol–water partition coefficient (Wildman–Crippen LogP) is -1.84. The van der Waals surface area contributed by atoms with Crippen LogP contribution in [0.3, 0.4) is 0 Å². The van der Waals surface area contributed by atoms with Crippen molar-refractivity contribution < 1.29 is 30.0 Å². The molecule has 0 spiro atoms. The Morgan fingerprint density at radius 2 is 1.93 bits per heavy atom. The minimum atomic E-state index is -1.58. The first-order valence-electron chi connectivity index (χ1n) is 4.90. The second-order valence-electron chi connectivity index (χ2n) is 3.64. The van der Waals surface area contributed by atoms with Gasteiger partial charge in [0, 0.05) is 0 Å². The molecule has 0 aromatic heterocycles. The van der Waals surface area contributed by atoms with E-state index in [0.717, 1.165) is 0 Å². The smallest absolute Gasteiger partial charge is 0.192 e. The van der Waals surface area contributed by atoms with Gasteiger partial charge in [-0.3, -0.25) is 4.79 Å². The molecular formula is C9H16O6. The molecule has 1 aliphatic heterocycles. The fourth-order valence-electron chi connectivity index (χ4n) is 1.50. The zero-order valence-corrected chi connectivity index (χ0v) is 8.41. The number of ether oxygens (including phenoxy) is 1. The normalized spacial score (nSPS) is 37.9. The van der Waals surface area contributed by atoms with Crippen LogP contribution in [0.5, 0.6) is 0 Å². The van der Waals surface area contributed by atoms with Gasteiger partial charge in [0.2, 0.25) is 0 Å². The maximum atomic E-state index is 11.5. The summed E-state index contributed by atoms with van der Waals surface area (Å²) in [5, 5.41) is 36.9. The summed E-state index contributed by atoms with van der Waals surface area (Å²) in [5.41, 5.74) is 0. The van der Waals surface area contributed by atoms with Crippen molar-refractivity contribution in [1.82, 2.24) is 0 Å². The summed E-state index contributed by atoms with van der Waals surface area (Å²) in [7, 11) is 0. The topological polar surface area (TPSA) is 107 Å². The molecule has 0 aromatic rings. The minimum absolute atomic E-state index is 0.262. The summed E-state index contributed by atoms with van der Waals surface area (Å²) in [4.78, 5) is 11.5. The largest absolute Gasteiger partial charge is 0.387 e. The molecule has 6 nitrogen and oxygen atoms in total. The van der Waals surface area contributed by atoms with Crippen LogP contribution in [0.1, 0.15) is 19.8 Å². The second kappa shape index (κ2) is 5.00. The number of carbonyl (C=O) groups is 1. The molecule has 0 radical (unpaired) electrons. The lowest BCUT2D eigenvalue weighted by molar-refractivity contribution is -0.156. The average molecular weight is 220 g/mol. The molecule has 2 unspecified atom stereocenters. The highest BCUT2D eigenvalue weighted by molar-refractivity contribution is 5.88. The third-order valence-corrected chi connectivity index (χ3v) is 2.41. The molecule has 1 saturated heterocycles. The van der Waals surface area contributed by atoms with Gasteiger partial charge in [0.1, 0.15) is 18.3 Å². The van der Waals surface area contributed by atoms with E-state index in [9.17, 15) is 15.0 Å². The van der Waals surface area contributed by atoms with Gasteiger partial charge in [-0.05, 0) is 6.42 Å². The van der Waals surface area contributed by atoms with Crippen molar-refractivity contribution in [3.8, 4) is 0 Å². The fraction of sp³-hybridized carbons (Fsp3) is 0.889. The standard InChI is InChI=1S/C9H16O6/c1-2-3-4(10)5(11)8-6(12)7(13)9(14)15-8/h4,6-10,12-14H,2-3H2,1H3/t4?,6-,7-,8-,9?/m1/s1. The van der Waals surface area contributed by atoms with Crippen LogP contribution in [0.25, 0.3) is 0 Å². The molecule has 0 saturated carbocycles. The number of rotatable bonds is 4. The Hall–Kier alpha value is -0.530. The lowest BCUT2D eigenvalue weighted by Gasteiger charge is -2.16. The van der Waals surface area contributed by atoms with Gasteiger partial charge in [0.15, 0.2) is 18.2 Å². The number of carbonyl (C=O) groups excluding carboxylic acids is 1. The minimum Gasteiger partial charge on any atom is -0.387 e. The maximum absolute atomic E-state index is 11.5. The summed E-state index contributed by atoms with van der Waals surface area (Å²) in [6.07, 6.45) is -6.28. The molecule has 1 heterocycles. The van der Waals surface area contributed by atoms with Crippen molar-refractivity contribution >= 4 is 5.78 Å². The molecule has 88 valence electrons. The van der Waals surface area contributed by atoms with E-state index in [-0.39, 0.29) is 6.42 Å². The Morgan fingerprint density at radius 1 is 1.33 bits per heavy atom. The van der Waals surface area contributed by atoms with E-state index in [2.05, 4.69) is 4.74 Å². The van der Waals surface area contributed by atoms with Gasteiger partial charge in [-0.15, -0.1) is 0 Å². The molecule has 6 heteroatoms. The molecule has 1 aliphatic rings. The van der Waals surface area contributed by atoms with Crippen LogP contribution in [0.2, 0.25) is 0 Å². The molecule has 0 aliphatic carbocycles.